The summed E-state index contributed by atoms with van der Waals surface area (Å²) in [6.45, 7) is 7.15. The van der Waals surface area contributed by atoms with Crippen LogP contribution in [-0.2, 0) is 0 Å². The third-order valence-electron chi connectivity index (χ3n) is 5.50. The third kappa shape index (κ3) is 8.09. The molecule has 0 unspecified atom stereocenters. The van der Waals surface area contributed by atoms with Gasteiger partial charge in [-0.05, 0) is 0 Å². The van der Waals surface area contributed by atoms with Crippen LogP contribution in [0.15, 0.2) is 11.6 Å². The molecule has 1 rings (SSSR count). The fraction of sp³-hybridized carbons (Fsp3) is 0.900. The van der Waals surface area contributed by atoms with Crippen molar-refractivity contribution in [2.75, 3.05) is 0 Å². The van der Waals surface area contributed by atoms with Crippen LogP contribution >= 0.6 is 0 Å². The zero-order valence-corrected chi connectivity index (χ0v) is 18.0. The van der Waals surface area contributed by atoms with Crippen LogP contribution in [0.3, 0.4) is 0 Å². The number of hydrogen-bond acceptors (Lipinski definition) is 0. The standard InChI is InChI=1S/C8H13.3C4H9.Sn/c1-2-8-6-4-3-5-7-8;3*1-3-4-2;/h2H,1,3-7H2;3*1,3-4H2,2H3;. The Morgan fingerprint density at radius 2 is 1.24 bits per heavy atom. The Bertz CT molecular complexity index is 250. The minimum atomic E-state index is -1.86. The second-order valence-corrected chi connectivity index (χ2v) is 21.4. The van der Waals surface area contributed by atoms with E-state index in [0.29, 0.717) is 0 Å². The molecule has 0 spiro atoms. The molecule has 0 atom stereocenters. The zero-order valence-electron chi connectivity index (χ0n) is 15.2. The Morgan fingerprint density at radius 3 is 1.67 bits per heavy atom. The van der Waals surface area contributed by atoms with Gasteiger partial charge in [-0.25, -0.2) is 0 Å². The summed E-state index contributed by atoms with van der Waals surface area (Å²) in [7, 11) is 0. The summed E-state index contributed by atoms with van der Waals surface area (Å²) in [4.78, 5) is 0. The Kier molecular flexibility index (Phi) is 11.2. The van der Waals surface area contributed by atoms with E-state index in [1.54, 1.807) is 17.7 Å². The molecule has 1 aliphatic carbocycles. The monoisotopic (exact) mass is 400 g/mol. The molecule has 0 radical (unpaired) electrons. The summed E-state index contributed by atoms with van der Waals surface area (Å²) in [5, 5.41) is 0. The van der Waals surface area contributed by atoms with Crippen LogP contribution in [-0.4, -0.2) is 18.4 Å². The number of hydrogen-bond donors (Lipinski definition) is 0. The van der Waals surface area contributed by atoms with Gasteiger partial charge in [0, 0.05) is 0 Å². The van der Waals surface area contributed by atoms with Crippen LogP contribution in [0.4, 0.5) is 0 Å². The maximum atomic E-state index is 2.77. The summed E-state index contributed by atoms with van der Waals surface area (Å²) in [6, 6.07) is 0. The molecule has 1 heteroatoms. The van der Waals surface area contributed by atoms with Gasteiger partial charge in [0.05, 0.1) is 0 Å². The van der Waals surface area contributed by atoms with Crippen molar-refractivity contribution in [3.63, 3.8) is 0 Å². The van der Waals surface area contributed by atoms with Gasteiger partial charge in [-0.3, -0.25) is 0 Å². The number of rotatable bonds is 11. The molecule has 0 aliphatic heterocycles. The van der Waals surface area contributed by atoms with Crippen LogP contribution in [0, 0.1) is 0 Å². The van der Waals surface area contributed by atoms with E-state index in [2.05, 4.69) is 26.8 Å². The van der Waals surface area contributed by atoms with Gasteiger partial charge >= 0.3 is 139 Å². The van der Waals surface area contributed by atoms with Gasteiger partial charge in [0.2, 0.25) is 0 Å². The van der Waals surface area contributed by atoms with E-state index >= 15 is 0 Å². The molecule has 0 bridgehead atoms. The molecule has 21 heavy (non-hydrogen) atoms. The van der Waals surface area contributed by atoms with Gasteiger partial charge in [-0.15, -0.1) is 0 Å². The van der Waals surface area contributed by atoms with Crippen LogP contribution in [0.2, 0.25) is 17.7 Å². The Hall–Kier alpha value is 0.539. The van der Waals surface area contributed by atoms with Crippen LogP contribution in [0.5, 0.6) is 0 Å². The van der Waals surface area contributed by atoms with Gasteiger partial charge in [0.25, 0.3) is 0 Å². The average Bonchev–Trinajstić information content (AvgIpc) is 2.54. The Morgan fingerprint density at radius 1 is 0.762 bits per heavy atom. The van der Waals surface area contributed by atoms with Crippen LogP contribution in [0.25, 0.3) is 0 Å². The molecule has 0 N–H and O–H groups in total. The van der Waals surface area contributed by atoms with Crippen molar-refractivity contribution in [2.45, 2.75) is 109 Å². The van der Waals surface area contributed by atoms with Crippen molar-refractivity contribution < 1.29 is 0 Å². The van der Waals surface area contributed by atoms with Gasteiger partial charge in [0.15, 0.2) is 0 Å². The molecule has 0 aromatic heterocycles. The van der Waals surface area contributed by atoms with E-state index in [9.17, 15) is 0 Å². The van der Waals surface area contributed by atoms with Crippen molar-refractivity contribution in [3.05, 3.63) is 11.6 Å². The molecule has 0 heterocycles. The van der Waals surface area contributed by atoms with Crippen molar-refractivity contribution in [3.8, 4) is 0 Å². The van der Waals surface area contributed by atoms with Crippen molar-refractivity contribution in [1.29, 1.82) is 0 Å². The van der Waals surface area contributed by atoms with Gasteiger partial charge in [-0.2, -0.15) is 0 Å². The first-order chi connectivity index (χ1) is 10.3. The molecule has 1 saturated carbocycles. The average molecular weight is 399 g/mol. The fourth-order valence-electron chi connectivity index (χ4n) is 3.91. The van der Waals surface area contributed by atoms with Gasteiger partial charge < -0.3 is 0 Å². The maximum absolute atomic E-state index is 2.77. The molecular weight excluding hydrogens is 359 g/mol. The number of unbranched alkanes of at least 4 members (excludes halogenated alkanes) is 3. The minimum absolute atomic E-state index is 1.41. The van der Waals surface area contributed by atoms with Gasteiger partial charge in [-0.1, -0.05) is 0 Å². The van der Waals surface area contributed by atoms with Gasteiger partial charge in [0.1, 0.15) is 0 Å². The van der Waals surface area contributed by atoms with Crippen molar-refractivity contribution in [1.82, 2.24) is 0 Å². The Labute approximate surface area is 139 Å². The van der Waals surface area contributed by atoms with E-state index in [1.165, 1.54) is 70.6 Å². The van der Waals surface area contributed by atoms with Crippen molar-refractivity contribution in [2.24, 2.45) is 0 Å². The van der Waals surface area contributed by atoms with E-state index in [1.807, 2.05) is 5.57 Å². The second-order valence-electron chi connectivity index (χ2n) is 7.44. The molecule has 0 aromatic rings. The first-order valence-corrected chi connectivity index (χ1v) is 18.0. The molecule has 1 fully saturated rings. The zero-order chi connectivity index (χ0) is 15.4. The van der Waals surface area contributed by atoms with Crippen LogP contribution in [0.1, 0.15) is 91.4 Å². The molecule has 1 aliphatic rings. The summed E-state index contributed by atoms with van der Waals surface area (Å²) >= 11 is -1.86. The van der Waals surface area contributed by atoms with E-state index in [4.69, 9.17) is 0 Å². The normalized spacial score (nSPS) is 16.2. The Balaban J connectivity index is 2.68. The SMILES string of the molecule is CCC[CH2][Sn]([CH2]C=C1CCCCC1)([CH2]CCC)[CH2]CCC. The predicted molar refractivity (Wildman–Crippen MR) is 101 cm³/mol. The van der Waals surface area contributed by atoms with Crippen molar-refractivity contribution >= 4 is 18.4 Å². The summed E-state index contributed by atoms with van der Waals surface area (Å²) in [6.07, 6.45) is 18.8. The summed E-state index contributed by atoms with van der Waals surface area (Å²) < 4.78 is 6.61. The molecule has 124 valence electrons. The second kappa shape index (κ2) is 12.0. The van der Waals surface area contributed by atoms with E-state index in [0.717, 1.165) is 0 Å². The number of allylic oxidation sites excluding steroid dienone is 2. The van der Waals surface area contributed by atoms with Crippen LogP contribution < -0.4 is 0 Å². The molecule has 0 aromatic carbocycles. The van der Waals surface area contributed by atoms with E-state index in [-0.39, 0.29) is 0 Å². The summed E-state index contributed by atoms with van der Waals surface area (Å²) in [5.74, 6) is 0. The first-order valence-electron chi connectivity index (χ1n) is 9.94. The molecular formula is C20H40Sn. The fourth-order valence-corrected chi connectivity index (χ4v) is 19.3. The topological polar surface area (TPSA) is 0 Å². The quantitative estimate of drug-likeness (QED) is 0.246. The van der Waals surface area contributed by atoms with E-state index < -0.39 is 18.4 Å². The first kappa shape index (κ1) is 19.6. The summed E-state index contributed by atoms with van der Waals surface area (Å²) in [5.41, 5.74) is 1.84. The predicted octanol–water partition coefficient (Wildman–Crippen LogP) is 7.73. The third-order valence-corrected chi connectivity index (χ3v) is 20.7. The molecule has 0 amide bonds. The molecule has 0 saturated heterocycles. The molecule has 0 nitrogen and oxygen atoms in total.